The Morgan fingerprint density at radius 1 is 1.33 bits per heavy atom. The fraction of sp³-hybridized carbons (Fsp3) is 0.500. The maximum atomic E-state index is 9.58. The molecule has 1 unspecified atom stereocenters. The SMILES string of the molecule is CC(N)c1ccc(SCC(C)(C)O)cc1. The van der Waals surface area contributed by atoms with E-state index in [0.29, 0.717) is 5.75 Å². The van der Waals surface area contributed by atoms with Crippen LogP contribution in [0.15, 0.2) is 29.2 Å². The second-order valence-corrected chi connectivity index (χ2v) is 5.51. The fourth-order valence-electron chi connectivity index (χ4n) is 1.13. The molecule has 0 spiro atoms. The zero-order chi connectivity index (χ0) is 11.5. The van der Waals surface area contributed by atoms with Crippen molar-refractivity contribution in [1.29, 1.82) is 0 Å². The van der Waals surface area contributed by atoms with Crippen LogP contribution in [0, 0.1) is 0 Å². The van der Waals surface area contributed by atoms with Crippen LogP contribution in [0.25, 0.3) is 0 Å². The highest BCUT2D eigenvalue weighted by atomic mass is 32.2. The molecule has 15 heavy (non-hydrogen) atoms. The van der Waals surface area contributed by atoms with Gasteiger partial charge in [-0.3, -0.25) is 0 Å². The predicted octanol–water partition coefficient (Wildman–Crippen LogP) is 2.57. The molecule has 0 fully saturated rings. The van der Waals surface area contributed by atoms with Crippen LogP contribution in [0.5, 0.6) is 0 Å². The molecule has 0 bridgehead atoms. The van der Waals surface area contributed by atoms with E-state index < -0.39 is 5.60 Å². The summed E-state index contributed by atoms with van der Waals surface area (Å²) < 4.78 is 0. The van der Waals surface area contributed by atoms with E-state index in [-0.39, 0.29) is 6.04 Å². The van der Waals surface area contributed by atoms with Gasteiger partial charge in [-0.05, 0) is 38.5 Å². The Bertz CT molecular complexity index is 300. The molecule has 0 aliphatic carbocycles. The first kappa shape index (κ1) is 12.6. The predicted molar refractivity (Wildman–Crippen MR) is 66.1 cm³/mol. The molecule has 3 heteroatoms. The highest BCUT2D eigenvalue weighted by molar-refractivity contribution is 7.99. The molecule has 1 rings (SSSR count). The van der Waals surface area contributed by atoms with E-state index in [9.17, 15) is 5.11 Å². The minimum Gasteiger partial charge on any atom is -0.390 e. The Morgan fingerprint density at radius 2 is 1.87 bits per heavy atom. The lowest BCUT2D eigenvalue weighted by Gasteiger charge is -2.16. The highest BCUT2D eigenvalue weighted by Crippen LogP contribution is 2.23. The number of rotatable bonds is 4. The molecule has 0 saturated heterocycles. The Kier molecular flexibility index (Phi) is 4.20. The van der Waals surface area contributed by atoms with Crippen molar-refractivity contribution in [3.63, 3.8) is 0 Å². The van der Waals surface area contributed by atoms with Gasteiger partial charge < -0.3 is 10.8 Å². The van der Waals surface area contributed by atoms with Crippen molar-refractivity contribution < 1.29 is 5.11 Å². The zero-order valence-corrected chi connectivity index (χ0v) is 10.3. The molecule has 84 valence electrons. The molecule has 3 N–H and O–H groups in total. The van der Waals surface area contributed by atoms with E-state index >= 15 is 0 Å². The number of nitrogens with two attached hydrogens (primary N) is 1. The summed E-state index contributed by atoms with van der Waals surface area (Å²) in [5, 5.41) is 9.58. The van der Waals surface area contributed by atoms with Crippen LogP contribution in [0.3, 0.4) is 0 Å². The van der Waals surface area contributed by atoms with E-state index in [0.717, 1.165) is 5.56 Å². The normalized spacial score (nSPS) is 13.9. The molecular formula is C12H19NOS. The van der Waals surface area contributed by atoms with Crippen molar-refractivity contribution in [2.24, 2.45) is 5.73 Å². The van der Waals surface area contributed by atoms with Crippen molar-refractivity contribution >= 4 is 11.8 Å². The lowest BCUT2D eigenvalue weighted by molar-refractivity contribution is 0.107. The molecule has 1 aromatic rings. The summed E-state index contributed by atoms with van der Waals surface area (Å²) in [6.07, 6.45) is 0. The third-order valence-corrected chi connectivity index (χ3v) is 3.45. The number of hydrogen-bond donors (Lipinski definition) is 2. The number of thioether (sulfide) groups is 1. The van der Waals surface area contributed by atoms with Crippen LogP contribution in [0.2, 0.25) is 0 Å². The standard InChI is InChI=1S/C12H19NOS/c1-9(13)10-4-6-11(7-5-10)15-8-12(2,3)14/h4-7,9,14H,8,13H2,1-3H3. The molecule has 2 nitrogen and oxygen atoms in total. The zero-order valence-electron chi connectivity index (χ0n) is 9.53. The average molecular weight is 225 g/mol. The Labute approximate surface area is 95.9 Å². The molecule has 1 atom stereocenters. The number of benzene rings is 1. The van der Waals surface area contributed by atoms with Gasteiger partial charge in [-0.1, -0.05) is 12.1 Å². The first-order chi connectivity index (χ1) is 6.88. The Hall–Kier alpha value is -0.510. The van der Waals surface area contributed by atoms with Crippen molar-refractivity contribution in [3.05, 3.63) is 29.8 Å². The van der Waals surface area contributed by atoms with Gasteiger partial charge in [-0.15, -0.1) is 11.8 Å². The first-order valence-corrected chi connectivity index (χ1v) is 6.08. The van der Waals surface area contributed by atoms with Gasteiger partial charge in [0.15, 0.2) is 0 Å². The smallest absolute Gasteiger partial charge is 0.0685 e. The van der Waals surface area contributed by atoms with Crippen molar-refractivity contribution in [2.45, 2.75) is 37.3 Å². The van der Waals surface area contributed by atoms with E-state index in [1.807, 2.05) is 32.9 Å². The van der Waals surface area contributed by atoms with Gasteiger partial charge in [0.05, 0.1) is 5.60 Å². The van der Waals surface area contributed by atoms with Gasteiger partial charge in [0.2, 0.25) is 0 Å². The molecule has 0 aliphatic heterocycles. The van der Waals surface area contributed by atoms with E-state index in [4.69, 9.17) is 5.73 Å². The lowest BCUT2D eigenvalue weighted by atomic mass is 10.1. The molecule has 1 aromatic carbocycles. The minimum atomic E-state index is -0.621. The van der Waals surface area contributed by atoms with Crippen LogP contribution in [0.1, 0.15) is 32.4 Å². The monoisotopic (exact) mass is 225 g/mol. The maximum Gasteiger partial charge on any atom is 0.0685 e. The first-order valence-electron chi connectivity index (χ1n) is 5.09. The van der Waals surface area contributed by atoms with Gasteiger partial charge in [-0.2, -0.15) is 0 Å². The molecule has 0 aliphatic rings. The molecule has 0 aromatic heterocycles. The van der Waals surface area contributed by atoms with Gasteiger partial charge in [0, 0.05) is 16.7 Å². The van der Waals surface area contributed by atoms with Gasteiger partial charge in [0.1, 0.15) is 0 Å². The largest absolute Gasteiger partial charge is 0.390 e. The van der Waals surface area contributed by atoms with E-state index in [1.165, 1.54) is 4.90 Å². The summed E-state index contributed by atoms with van der Waals surface area (Å²) >= 11 is 1.66. The third kappa shape index (κ3) is 4.69. The van der Waals surface area contributed by atoms with Gasteiger partial charge >= 0.3 is 0 Å². The van der Waals surface area contributed by atoms with Crippen molar-refractivity contribution in [1.82, 2.24) is 0 Å². The Balaban J connectivity index is 2.57. The highest BCUT2D eigenvalue weighted by Gasteiger charge is 2.12. The van der Waals surface area contributed by atoms with Crippen LogP contribution < -0.4 is 5.73 Å². The average Bonchev–Trinajstić information content (AvgIpc) is 2.14. The lowest BCUT2D eigenvalue weighted by Crippen LogP contribution is -2.21. The summed E-state index contributed by atoms with van der Waals surface area (Å²) in [5.41, 5.74) is 6.28. The molecule has 0 amide bonds. The molecule has 0 radical (unpaired) electrons. The Morgan fingerprint density at radius 3 is 2.27 bits per heavy atom. The van der Waals surface area contributed by atoms with Crippen LogP contribution in [-0.4, -0.2) is 16.5 Å². The van der Waals surface area contributed by atoms with Crippen LogP contribution in [0.4, 0.5) is 0 Å². The summed E-state index contributed by atoms with van der Waals surface area (Å²) in [6.45, 7) is 5.60. The van der Waals surface area contributed by atoms with Crippen molar-refractivity contribution in [2.75, 3.05) is 5.75 Å². The summed E-state index contributed by atoms with van der Waals surface area (Å²) in [7, 11) is 0. The topological polar surface area (TPSA) is 46.2 Å². The second kappa shape index (κ2) is 5.01. The van der Waals surface area contributed by atoms with Gasteiger partial charge in [-0.25, -0.2) is 0 Å². The molecular weight excluding hydrogens is 206 g/mol. The number of aliphatic hydroxyl groups is 1. The van der Waals surface area contributed by atoms with E-state index in [1.54, 1.807) is 11.8 Å². The fourth-order valence-corrected chi connectivity index (χ4v) is 1.98. The second-order valence-electron chi connectivity index (χ2n) is 4.46. The summed E-state index contributed by atoms with van der Waals surface area (Å²) in [6, 6.07) is 8.26. The van der Waals surface area contributed by atoms with E-state index in [2.05, 4.69) is 12.1 Å². The molecule has 0 heterocycles. The minimum absolute atomic E-state index is 0.0818. The van der Waals surface area contributed by atoms with Crippen LogP contribution in [-0.2, 0) is 0 Å². The van der Waals surface area contributed by atoms with Crippen LogP contribution >= 0.6 is 11.8 Å². The van der Waals surface area contributed by atoms with Gasteiger partial charge in [0.25, 0.3) is 0 Å². The quantitative estimate of drug-likeness (QED) is 0.774. The maximum absolute atomic E-state index is 9.58. The number of hydrogen-bond acceptors (Lipinski definition) is 3. The van der Waals surface area contributed by atoms with Crippen molar-refractivity contribution in [3.8, 4) is 0 Å². The third-order valence-electron chi connectivity index (χ3n) is 2.00. The molecule has 0 saturated carbocycles. The summed E-state index contributed by atoms with van der Waals surface area (Å²) in [5.74, 6) is 0.699. The summed E-state index contributed by atoms with van der Waals surface area (Å²) in [4.78, 5) is 1.17.